The SMILES string of the molecule is CC(NC(=O)C1COCCN1)c1cccc(N2CCCC2=O)c1.Cl. The van der Waals surface area contributed by atoms with Crippen molar-refractivity contribution in [2.45, 2.75) is 31.8 Å². The summed E-state index contributed by atoms with van der Waals surface area (Å²) >= 11 is 0. The number of anilines is 1. The fraction of sp³-hybridized carbons (Fsp3) is 0.529. The largest absolute Gasteiger partial charge is 0.378 e. The molecule has 2 fully saturated rings. The zero-order chi connectivity index (χ0) is 16.2. The van der Waals surface area contributed by atoms with E-state index in [9.17, 15) is 9.59 Å². The summed E-state index contributed by atoms with van der Waals surface area (Å²) in [5.74, 6) is 0.113. The number of ether oxygens (including phenoxy) is 1. The molecule has 0 aliphatic carbocycles. The molecular weight excluding hydrogens is 330 g/mol. The predicted molar refractivity (Wildman–Crippen MR) is 94.4 cm³/mol. The topological polar surface area (TPSA) is 70.7 Å². The van der Waals surface area contributed by atoms with Crippen LogP contribution in [0.2, 0.25) is 0 Å². The number of benzene rings is 1. The number of nitrogens with one attached hydrogen (secondary N) is 2. The smallest absolute Gasteiger partial charge is 0.240 e. The molecule has 2 atom stereocenters. The van der Waals surface area contributed by atoms with E-state index in [-0.39, 0.29) is 36.3 Å². The van der Waals surface area contributed by atoms with E-state index in [4.69, 9.17) is 4.74 Å². The molecule has 2 unspecified atom stereocenters. The zero-order valence-electron chi connectivity index (χ0n) is 13.8. The number of nitrogens with zero attached hydrogens (tertiary/aromatic N) is 1. The monoisotopic (exact) mass is 353 g/mol. The molecular formula is C17H24ClN3O3. The van der Waals surface area contributed by atoms with Gasteiger partial charge in [0.1, 0.15) is 6.04 Å². The maximum Gasteiger partial charge on any atom is 0.240 e. The van der Waals surface area contributed by atoms with Crippen molar-refractivity contribution in [1.82, 2.24) is 10.6 Å². The standard InChI is InChI=1S/C17H23N3O3.ClH/c1-12(19-17(22)15-11-23-9-7-18-15)13-4-2-5-14(10-13)20-8-3-6-16(20)21;/h2,4-5,10,12,15,18H,3,6-9,11H2,1H3,(H,19,22);1H. The first kappa shape index (κ1) is 18.7. The van der Waals surface area contributed by atoms with Crippen molar-refractivity contribution in [3.05, 3.63) is 29.8 Å². The fourth-order valence-corrected chi connectivity index (χ4v) is 3.01. The quantitative estimate of drug-likeness (QED) is 0.858. The minimum Gasteiger partial charge on any atom is -0.378 e. The lowest BCUT2D eigenvalue weighted by atomic mass is 10.1. The first-order valence-electron chi connectivity index (χ1n) is 8.17. The molecule has 132 valence electrons. The first-order chi connectivity index (χ1) is 11.1. The molecule has 0 radical (unpaired) electrons. The maximum absolute atomic E-state index is 12.3. The highest BCUT2D eigenvalue weighted by Gasteiger charge is 2.24. The van der Waals surface area contributed by atoms with E-state index in [0.717, 1.165) is 24.2 Å². The lowest BCUT2D eigenvalue weighted by Gasteiger charge is -2.25. The number of amides is 2. The van der Waals surface area contributed by atoms with E-state index in [0.29, 0.717) is 26.2 Å². The van der Waals surface area contributed by atoms with E-state index in [1.165, 1.54) is 0 Å². The Morgan fingerprint density at radius 3 is 2.96 bits per heavy atom. The van der Waals surface area contributed by atoms with Crippen LogP contribution in [0, 0.1) is 0 Å². The van der Waals surface area contributed by atoms with Crippen LogP contribution in [0.3, 0.4) is 0 Å². The van der Waals surface area contributed by atoms with Gasteiger partial charge in [-0.1, -0.05) is 12.1 Å². The Bertz CT molecular complexity index is 590. The van der Waals surface area contributed by atoms with E-state index >= 15 is 0 Å². The summed E-state index contributed by atoms with van der Waals surface area (Å²) in [5, 5.41) is 6.16. The van der Waals surface area contributed by atoms with Gasteiger partial charge in [0.15, 0.2) is 0 Å². The number of hydrogen-bond donors (Lipinski definition) is 2. The minimum atomic E-state index is -0.297. The molecule has 0 saturated carbocycles. The van der Waals surface area contributed by atoms with Gasteiger partial charge in [0.05, 0.1) is 19.3 Å². The van der Waals surface area contributed by atoms with Gasteiger partial charge in [-0.2, -0.15) is 0 Å². The molecule has 0 spiro atoms. The Morgan fingerprint density at radius 2 is 2.29 bits per heavy atom. The van der Waals surface area contributed by atoms with Gasteiger partial charge in [-0.15, -0.1) is 12.4 Å². The number of carbonyl (C=O) groups excluding carboxylic acids is 2. The van der Waals surface area contributed by atoms with E-state index in [2.05, 4.69) is 10.6 Å². The van der Waals surface area contributed by atoms with Crippen molar-refractivity contribution in [1.29, 1.82) is 0 Å². The van der Waals surface area contributed by atoms with Crippen LogP contribution >= 0.6 is 12.4 Å². The summed E-state index contributed by atoms with van der Waals surface area (Å²) in [4.78, 5) is 25.9. The molecule has 3 rings (SSSR count). The summed E-state index contributed by atoms with van der Waals surface area (Å²) < 4.78 is 5.32. The average molecular weight is 354 g/mol. The summed E-state index contributed by atoms with van der Waals surface area (Å²) in [6.45, 7) is 4.46. The minimum absolute atomic E-state index is 0. The van der Waals surface area contributed by atoms with Crippen molar-refractivity contribution in [3.63, 3.8) is 0 Å². The van der Waals surface area contributed by atoms with Crippen LogP contribution in [0.25, 0.3) is 0 Å². The number of carbonyl (C=O) groups is 2. The zero-order valence-corrected chi connectivity index (χ0v) is 14.6. The Morgan fingerprint density at radius 1 is 1.46 bits per heavy atom. The molecule has 1 aromatic carbocycles. The second-order valence-corrected chi connectivity index (χ2v) is 6.06. The molecule has 6 nitrogen and oxygen atoms in total. The Balaban J connectivity index is 0.00000208. The van der Waals surface area contributed by atoms with Crippen molar-refractivity contribution < 1.29 is 14.3 Å². The number of morpholine rings is 1. The van der Waals surface area contributed by atoms with Crippen LogP contribution in [0.5, 0.6) is 0 Å². The number of halogens is 1. The molecule has 2 N–H and O–H groups in total. The van der Waals surface area contributed by atoms with Gasteiger partial charge < -0.3 is 20.3 Å². The number of rotatable bonds is 4. The Hall–Kier alpha value is -1.63. The molecule has 2 aliphatic rings. The third-order valence-corrected chi connectivity index (χ3v) is 4.35. The molecule has 1 aromatic rings. The van der Waals surface area contributed by atoms with Crippen molar-refractivity contribution in [2.24, 2.45) is 0 Å². The normalized spacial score (nSPS) is 22.0. The van der Waals surface area contributed by atoms with E-state index in [1.807, 2.05) is 36.1 Å². The fourth-order valence-electron chi connectivity index (χ4n) is 3.01. The van der Waals surface area contributed by atoms with Crippen LogP contribution < -0.4 is 15.5 Å². The molecule has 7 heteroatoms. The third-order valence-electron chi connectivity index (χ3n) is 4.35. The highest BCUT2D eigenvalue weighted by molar-refractivity contribution is 5.95. The second-order valence-electron chi connectivity index (χ2n) is 6.06. The molecule has 2 aliphatic heterocycles. The van der Waals surface area contributed by atoms with Gasteiger partial charge >= 0.3 is 0 Å². The highest BCUT2D eigenvalue weighted by atomic mass is 35.5. The Labute approximate surface area is 148 Å². The molecule has 2 amide bonds. The van der Waals surface area contributed by atoms with Crippen molar-refractivity contribution in [3.8, 4) is 0 Å². The average Bonchev–Trinajstić information content (AvgIpc) is 3.02. The first-order valence-corrected chi connectivity index (χ1v) is 8.17. The van der Waals surface area contributed by atoms with Crippen LogP contribution in [-0.4, -0.2) is 44.2 Å². The summed E-state index contributed by atoms with van der Waals surface area (Å²) in [6, 6.07) is 7.41. The van der Waals surface area contributed by atoms with Crippen LogP contribution in [-0.2, 0) is 14.3 Å². The third kappa shape index (κ3) is 4.26. The van der Waals surface area contributed by atoms with Crippen molar-refractivity contribution >= 4 is 29.9 Å². The van der Waals surface area contributed by atoms with Gasteiger partial charge in [0.25, 0.3) is 0 Å². The maximum atomic E-state index is 12.3. The van der Waals surface area contributed by atoms with Gasteiger partial charge in [-0.3, -0.25) is 9.59 Å². The van der Waals surface area contributed by atoms with Gasteiger partial charge in [-0.25, -0.2) is 0 Å². The molecule has 24 heavy (non-hydrogen) atoms. The molecule has 2 heterocycles. The Kier molecular flexibility index (Phi) is 6.60. The second kappa shape index (κ2) is 8.46. The number of hydrogen-bond acceptors (Lipinski definition) is 4. The molecule has 0 bridgehead atoms. The molecule has 2 saturated heterocycles. The highest BCUT2D eigenvalue weighted by Crippen LogP contribution is 2.24. The summed E-state index contributed by atoms with van der Waals surface area (Å²) in [6.07, 6.45) is 1.52. The van der Waals surface area contributed by atoms with Gasteiger partial charge in [0.2, 0.25) is 11.8 Å². The summed E-state index contributed by atoms with van der Waals surface area (Å²) in [5.41, 5.74) is 1.90. The predicted octanol–water partition coefficient (Wildman–Crippen LogP) is 1.40. The lowest BCUT2D eigenvalue weighted by molar-refractivity contribution is -0.126. The lowest BCUT2D eigenvalue weighted by Crippen LogP contribution is -2.51. The van der Waals surface area contributed by atoms with Gasteiger partial charge in [-0.05, 0) is 31.0 Å². The van der Waals surface area contributed by atoms with E-state index in [1.54, 1.807) is 0 Å². The van der Waals surface area contributed by atoms with Crippen LogP contribution in [0.4, 0.5) is 5.69 Å². The van der Waals surface area contributed by atoms with Crippen LogP contribution in [0.15, 0.2) is 24.3 Å². The molecule has 0 aromatic heterocycles. The van der Waals surface area contributed by atoms with E-state index < -0.39 is 0 Å². The van der Waals surface area contributed by atoms with Crippen molar-refractivity contribution in [2.75, 3.05) is 31.2 Å². The van der Waals surface area contributed by atoms with Crippen LogP contribution in [0.1, 0.15) is 31.4 Å². The van der Waals surface area contributed by atoms with Gasteiger partial charge in [0, 0.05) is 25.2 Å². The summed E-state index contributed by atoms with van der Waals surface area (Å²) in [7, 11) is 0.